The van der Waals surface area contributed by atoms with Gasteiger partial charge in [-0.25, -0.2) is 0 Å². The zero-order valence-corrected chi connectivity index (χ0v) is 11.3. The number of oxime groups is 1. The van der Waals surface area contributed by atoms with Gasteiger partial charge < -0.3 is 4.53 Å². The van der Waals surface area contributed by atoms with Crippen LogP contribution in [0.25, 0.3) is 0 Å². The van der Waals surface area contributed by atoms with Gasteiger partial charge in [0.15, 0.2) is 0 Å². The highest BCUT2D eigenvalue weighted by Gasteiger charge is 2.16. The lowest BCUT2D eigenvalue weighted by atomic mass is 10.1. The molecule has 0 saturated heterocycles. The van der Waals surface area contributed by atoms with Crippen LogP contribution in [-0.4, -0.2) is 14.0 Å². The molecule has 0 heterocycles. The molecule has 0 atom stereocenters. The Morgan fingerprint density at radius 2 is 2.00 bits per heavy atom. The van der Waals surface area contributed by atoms with Crippen LogP contribution in [0.4, 0.5) is 0 Å². The topological polar surface area (TPSA) is 45.4 Å². The van der Waals surface area contributed by atoms with Crippen LogP contribution in [0.1, 0.15) is 39.0 Å². The second kappa shape index (κ2) is 7.47. The Morgan fingerprint density at radius 1 is 1.33 bits per heavy atom. The van der Waals surface area contributed by atoms with Crippen LogP contribution < -0.4 is 0 Å². The van der Waals surface area contributed by atoms with Gasteiger partial charge in [-0.15, -0.1) is 5.16 Å². The Bertz CT molecular complexity index is 238. The molecule has 0 rings (SSSR count). The highest BCUT2D eigenvalue weighted by molar-refractivity contribution is 6.69. The molecule has 0 unspecified atom stereocenters. The molecular weight excluding hydrogens is 204 g/mol. The zero-order valence-electron chi connectivity index (χ0n) is 10.3. The predicted octanol–water partition coefficient (Wildman–Crippen LogP) is 3.69. The Hall–Kier alpha value is -0.823. The van der Waals surface area contributed by atoms with E-state index >= 15 is 0 Å². The second-order valence-electron chi connectivity index (χ2n) is 4.62. The van der Waals surface area contributed by atoms with E-state index in [1.807, 2.05) is 0 Å². The molecule has 0 saturated carbocycles. The third kappa shape index (κ3) is 9.48. The molecule has 3 nitrogen and oxygen atoms in total. The molecular formula is C11H22N2OSi. The summed E-state index contributed by atoms with van der Waals surface area (Å²) in [6, 6.07) is 2.15. The summed E-state index contributed by atoms with van der Waals surface area (Å²) in [6.07, 6.45) is 4.46. The largest absolute Gasteiger partial charge is 0.456 e. The summed E-state index contributed by atoms with van der Waals surface area (Å²) in [7, 11) is -1.55. The van der Waals surface area contributed by atoms with Gasteiger partial charge in [-0.05, 0) is 38.9 Å². The number of unbranched alkanes of at least 4 members (excludes halogenated alkanes) is 1. The standard InChI is InChI=1S/C11H22N2OSi/c1-5-8-11(9-6-7-10-12)13-14-15(2,3)4/h5-9H2,1-4H3. The maximum atomic E-state index is 8.45. The van der Waals surface area contributed by atoms with Gasteiger partial charge in [-0.1, -0.05) is 13.3 Å². The van der Waals surface area contributed by atoms with E-state index in [0.29, 0.717) is 6.42 Å². The Kier molecular flexibility index (Phi) is 7.06. The molecule has 15 heavy (non-hydrogen) atoms. The summed E-state index contributed by atoms with van der Waals surface area (Å²) in [5, 5.41) is 12.7. The maximum Gasteiger partial charge on any atom is 0.278 e. The highest BCUT2D eigenvalue weighted by Crippen LogP contribution is 2.08. The van der Waals surface area contributed by atoms with Crippen molar-refractivity contribution in [1.29, 1.82) is 5.26 Å². The average molecular weight is 226 g/mol. The summed E-state index contributed by atoms with van der Waals surface area (Å²) in [4.78, 5) is 0. The Labute approximate surface area is 94.2 Å². The van der Waals surface area contributed by atoms with Crippen molar-refractivity contribution in [3.63, 3.8) is 0 Å². The van der Waals surface area contributed by atoms with E-state index in [9.17, 15) is 0 Å². The van der Waals surface area contributed by atoms with Gasteiger partial charge in [0, 0.05) is 6.42 Å². The van der Waals surface area contributed by atoms with E-state index in [2.05, 4.69) is 37.8 Å². The van der Waals surface area contributed by atoms with Crippen LogP contribution in [0.15, 0.2) is 5.16 Å². The summed E-state index contributed by atoms with van der Waals surface area (Å²) in [5.41, 5.74) is 1.11. The first-order chi connectivity index (χ1) is 6.99. The second-order valence-corrected chi connectivity index (χ2v) is 9.03. The molecule has 4 heteroatoms. The van der Waals surface area contributed by atoms with E-state index in [1.165, 1.54) is 0 Å². The fraction of sp³-hybridized carbons (Fsp3) is 0.818. The summed E-state index contributed by atoms with van der Waals surface area (Å²) >= 11 is 0. The molecule has 0 spiro atoms. The zero-order chi connectivity index (χ0) is 11.7. The number of nitriles is 1. The molecule has 0 aliphatic heterocycles. The van der Waals surface area contributed by atoms with Gasteiger partial charge >= 0.3 is 0 Å². The molecule has 86 valence electrons. The third-order valence-corrected chi connectivity index (χ3v) is 2.38. The van der Waals surface area contributed by atoms with Crippen LogP contribution >= 0.6 is 0 Å². The first-order valence-corrected chi connectivity index (χ1v) is 9.01. The van der Waals surface area contributed by atoms with Crippen molar-refractivity contribution in [2.75, 3.05) is 0 Å². The maximum absolute atomic E-state index is 8.45. The minimum atomic E-state index is -1.55. The molecule has 0 bridgehead atoms. The van der Waals surface area contributed by atoms with Crippen LogP contribution in [0.5, 0.6) is 0 Å². The van der Waals surface area contributed by atoms with Gasteiger partial charge in [-0.3, -0.25) is 0 Å². The molecule has 0 aliphatic carbocycles. The molecule has 0 radical (unpaired) electrons. The van der Waals surface area contributed by atoms with Crippen molar-refractivity contribution in [3.05, 3.63) is 0 Å². The van der Waals surface area contributed by atoms with Crippen molar-refractivity contribution in [2.45, 2.75) is 58.7 Å². The van der Waals surface area contributed by atoms with Crippen LogP contribution in [0.2, 0.25) is 19.6 Å². The lowest BCUT2D eigenvalue weighted by molar-refractivity contribution is 0.332. The summed E-state index contributed by atoms with van der Waals surface area (Å²) in [5.74, 6) is 0. The van der Waals surface area contributed by atoms with Gasteiger partial charge in [-0.2, -0.15) is 5.26 Å². The van der Waals surface area contributed by atoms with E-state index < -0.39 is 8.32 Å². The van der Waals surface area contributed by atoms with Gasteiger partial charge in [0.2, 0.25) is 0 Å². The number of hydrogen-bond donors (Lipinski definition) is 0. The normalized spacial score (nSPS) is 12.3. The van der Waals surface area contributed by atoms with Crippen molar-refractivity contribution in [3.8, 4) is 6.07 Å². The highest BCUT2D eigenvalue weighted by atomic mass is 28.4. The monoisotopic (exact) mass is 226 g/mol. The van der Waals surface area contributed by atoms with E-state index in [0.717, 1.165) is 31.4 Å². The fourth-order valence-electron chi connectivity index (χ4n) is 1.08. The smallest absolute Gasteiger partial charge is 0.278 e. The van der Waals surface area contributed by atoms with Gasteiger partial charge in [0.25, 0.3) is 8.32 Å². The number of rotatable bonds is 7. The lowest BCUT2D eigenvalue weighted by Gasteiger charge is -2.14. The fourth-order valence-corrected chi connectivity index (χ4v) is 1.48. The third-order valence-electron chi connectivity index (χ3n) is 1.74. The predicted molar refractivity (Wildman–Crippen MR) is 66.2 cm³/mol. The van der Waals surface area contributed by atoms with E-state index in [1.54, 1.807) is 0 Å². The van der Waals surface area contributed by atoms with Crippen LogP contribution in [-0.2, 0) is 4.53 Å². The van der Waals surface area contributed by atoms with Crippen molar-refractivity contribution in [1.82, 2.24) is 0 Å². The Morgan fingerprint density at radius 3 is 2.47 bits per heavy atom. The minimum absolute atomic E-state index is 0.607. The Balaban J connectivity index is 4.07. The average Bonchev–Trinajstić information content (AvgIpc) is 2.13. The molecule has 0 aliphatic rings. The molecule has 0 N–H and O–H groups in total. The molecule has 0 aromatic heterocycles. The van der Waals surface area contributed by atoms with Gasteiger partial charge in [0.05, 0.1) is 11.8 Å². The van der Waals surface area contributed by atoms with Gasteiger partial charge in [0.1, 0.15) is 0 Å². The van der Waals surface area contributed by atoms with E-state index in [4.69, 9.17) is 9.79 Å². The van der Waals surface area contributed by atoms with Crippen molar-refractivity contribution < 1.29 is 4.53 Å². The minimum Gasteiger partial charge on any atom is -0.456 e. The molecule has 0 aromatic rings. The van der Waals surface area contributed by atoms with Crippen molar-refractivity contribution in [2.24, 2.45) is 5.16 Å². The molecule has 0 aromatic carbocycles. The first kappa shape index (κ1) is 14.2. The summed E-state index contributed by atoms with van der Waals surface area (Å²) < 4.78 is 5.52. The van der Waals surface area contributed by atoms with Crippen LogP contribution in [0.3, 0.4) is 0 Å². The van der Waals surface area contributed by atoms with E-state index in [-0.39, 0.29) is 0 Å². The lowest BCUT2D eigenvalue weighted by Crippen LogP contribution is -2.23. The molecule has 0 amide bonds. The van der Waals surface area contributed by atoms with Crippen LogP contribution in [0, 0.1) is 11.3 Å². The quantitative estimate of drug-likeness (QED) is 0.288. The first-order valence-electron chi connectivity index (χ1n) is 5.60. The summed E-state index contributed by atoms with van der Waals surface area (Å²) in [6.45, 7) is 8.49. The van der Waals surface area contributed by atoms with Crippen molar-refractivity contribution >= 4 is 14.0 Å². The SMILES string of the molecule is CCCC(CCCC#N)=NO[Si](C)(C)C. The number of hydrogen-bond acceptors (Lipinski definition) is 3. The number of nitrogens with zero attached hydrogens (tertiary/aromatic N) is 2. The molecule has 0 fully saturated rings.